The largest absolute Gasteiger partial charge is 0.483 e. The van der Waals surface area contributed by atoms with E-state index in [4.69, 9.17) is 28.6 Å². The zero-order valence-corrected chi connectivity index (χ0v) is 21.4. The number of aryl methyl sites for hydroxylation is 1. The lowest BCUT2D eigenvalue weighted by molar-refractivity contribution is -0.123. The molecule has 0 aliphatic carbocycles. The highest BCUT2D eigenvalue weighted by Gasteiger charge is 2.34. The number of halogens is 1. The number of ether oxygens (including phenoxy) is 1. The number of thiocarbonyl (C=S) groups is 1. The van der Waals surface area contributed by atoms with Crippen LogP contribution in [0.5, 0.6) is 5.75 Å². The molecule has 10 heteroatoms. The first-order valence-corrected chi connectivity index (χ1v) is 12.3. The summed E-state index contributed by atoms with van der Waals surface area (Å²) in [7, 11) is 0. The predicted octanol–water partition coefficient (Wildman–Crippen LogP) is 5.21. The molecular formula is C26H20ClN3O4S2. The van der Waals surface area contributed by atoms with E-state index in [9.17, 15) is 14.4 Å². The van der Waals surface area contributed by atoms with Crippen LogP contribution in [0.3, 0.4) is 0 Å². The number of hydrogen-bond donors (Lipinski definition) is 2. The lowest BCUT2D eigenvalue weighted by Crippen LogP contribution is -2.44. The molecule has 3 aromatic carbocycles. The second kappa shape index (κ2) is 11.4. The van der Waals surface area contributed by atoms with Gasteiger partial charge in [-0.2, -0.15) is 5.01 Å². The van der Waals surface area contributed by atoms with E-state index in [2.05, 4.69) is 10.7 Å². The highest BCUT2D eigenvalue weighted by atomic mass is 35.5. The highest BCUT2D eigenvalue weighted by Crippen LogP contribution is 2.33. The summed E-state index contributed by atoms with van der Waals surface area (Å²) in [5.74, 6) is -0.940. The minimum Gasteiger partial charge on any atom is -0.483 e. The number of benzene rings is 3. The van der Waals surface area contributed by atoms with Crippen molar-refractivity contribution in [2.24, 2.45) is 0 Å². The number of para-hydroxylation sites is 2. The number of thioether (sulfide) groups is 1. The van der Waals surface area contributed by atoms with Crippen LogP contribution in [0.25, 0.3) is 6.08 Å². The fourth-order valence-electron chi connectivity index (χ4n) is 3.26. The number of amides is 3. The Labute approximate surface area is 222 Å². The third-order valence-electron chi connectivity index (χ3n) is 5.00. The summed E-state index contributed by atoms with van der Waals surface area (Å²) in [6, 6.07) is 21.0. The number of rotatable bonds is 7. The van der Waals surface area contributed by atoms with Gasteiger partial charge in [0.25, 0.3) is 17.7 Å². The summed E-state index contributed by atoms with van der Waals surface area (Å²) in [6.07, 6.45) is 1.61. The van der Waals surface area contributed by atoms with Crippen molar-refractivity contribution in [2.45, 2.75) is 6.92 Å². The molecule has 1 heterocycles. The number of hydrazine groups is 1. The Hall–Kier alpha value is -3.66. The average molecular weight is 538 g/mol. The topological polar surface area (TPSA) is 87.7 Å². The standard InChI is InChI=1S/C26H20ClN3O4S2/c1-16-11-12-19(20(27)13-16)24(32)29-30-25(33)22(36-26(30)35)14-17-7-5-6-10-21(17)34-15-23(31)28-18-8-3-2-4-9-18/h2-14H,15H2,1H3,(H,28,31)(H,29,32)/b22-14+. The van der Waals surface area contributed by atoms with Gasteiger partial charge >= 0.3 is 0 Å². The molecule has 0 radical (unpaired) electrons. The van der Waals surface area contributed by atoms with Crippen LogP contribution in [0.2, 0.25) is 5.02 Å². The monoisotopic (exact) mass is 537 g/mol. The van der Waals surface area contributed by atoms with E-state index in [0.29, 0.717) is 21.9 Å². The third kappa shape index (κ3) is 6.12. The van der Waals surface area contributed by atoms with Gasteiger partial charge in [0.1, 0.15) is 5.75 Å². The Bertz CT molecular complexity index is 1380. The van der Waals surface area contributed by atoms with Crippen molar-refractivity contribution in [1.29, 1.82) is 0 Å². The molecule has 1 aliphatic heterocycles. The fourth-order valence-corrected chi connectivity index (χ4v) is 4.76. The van der Waals surface area contributed by atoms with Gasteiger partial charge in [0.05, 0.1) is 15.5 Å². The smallest absolute Gasteiger partial charge is 0.285 e. The van der Waals surface area contributed by atoms with Crippen LogP contribution in [0, 0.1) is 6.92 Å². The van der Waals surface area contributed by atoms with E-state index >= 15 is 0 Å². The Morgan fingerprint density at radius 3 is 2.56 bits per heavy atom. The number of nitrogens with one attached hydrogen (secondary N) is 2. The summed E-state index contributed by atoms with van der Waals surface area (Å²) >= 11 is 12.5. The second-order valence-electron chi connectivity index (χ2n) is 7.68. The summed E-state index contributed by atoms with van der Waals surface area (Å²) < 4.78 is 5.88. The van der Waals surface area contributed by atoms with Crippen LogP contribution >= 0.6 is 35.6 Å². The maximum absolute atomic E-state index is 13.0. The lowest BCUT2D eigenvalue weighted by Gasteiger charge is -2.16. The second-order valence-corrected chi connectivity index (χ2v) is 9.77. The molecule has 1 aliphatic rings. The SMILES string of the molecule is Cc1ccc(C(=O)NN2C(=O)/C(=C\c3ccccc3OCC(=O)Nc3ccccc3)SC2=S)c(Cl)c1. The Balaban J connectivity index is 1.44. The zero-order chi connectivity index (χ0) is 25.7. The van der Waals surface area contributed by atoms with Gasteiger partial charge in [0.2, 0.25) is 0 Å². The molecular weight excluding hydrogens is 518 g/mol. The first-order chi connectivity index (χ1) is 17.3. The van der Waals surface area contributed by atoms with Crippen LogP contribution in [0.1, 0.15) is 21.5 Å². The van der Waals surface area contributed by atoms with Crippen LogP contribution in [-0.4, -0.2) is 33.7 Å². The van der Waals surface area contributed by atoms with Crippen molar-refractivity contribution in [3.05, 3.63) is 99.4 Å². The molecule has 1 saturated heterocycles. The Morgan fingerprint density at radius 2 is 1.81 bits per heavy atom. The van der Waals surface area contributed by atoms with E-state index in [1.54, 1.807) is 60.7 Å². The molecule has 0 spiro atoms. The molecule has 7 nitrogen and oxygen atoms in total. The van der Waals surface area contributed by atoms with Gasteiger partial charge < -0.3 is 10.1 Å². The van der Waals surface area contributed by atoms with Gasteiger partial charge in [-0.25, -0.2) is 0 Å². The molecule has 0 atom stereocenters. The predicted molar refractivity (Wildman–Crippen MR) is 146 cm³/mol. The fraction of sp³-hybridized carbons (Fsp3) is 0.0769. The number of carbonyl (C=O) groups excluding carboxylic acids is 3. The normalized spacial score (nSPS) is 14.2. The molecule has 0 saturated carbocycles. The molecule has 1 fully saturated rings. The highest BCUT2D eigenvalue weighted by molar-refractivity contribution is 8.26. The maximum Gasteiger partial charge on any atom is 0.285 e. The molecule has 3 amide bonds. The quantitative estimate of drug-likeness (QED) is 0.318. The number of anilines is 1. The van der Waals surface area contributed by atoms with Gasteiger partial charge in [-0.3, -0.25) is 19.8 Å². The van der Waals surface area contributed by atoms with Crippen LogP contribution < -0.4 is 15.5 Å². The van der Waals surface area contributed by atoms with E-state index in [-0.39, 0.29) is 27.4 Å². The average Bonchev–Trinajstić information content (AvgIpc) is 3.11. The van der Waals surface area contributed by atoms with Gasteiger partial charge in [0, 0.05) is 11.3 Å². The van der Waals surface area contributed by atoms with Crippen LogP contribution in [0.15, 0.2) is 77.7 Å². The van der Waals surface area contributed by atoms with Gasteiger partial charge in [-0.05, 0) is 61.1 Å². The molecule has 0 aromatic heterocycles. The first-order valence-electron chi connectivity index (χ1n) is 10.7. The number of carbonyl (C=O) groups is 3. The molecule has 0 bridgehead atoms. The van der Waals surface area contributed by atoms with Crippen molar-refractivity contribution in [2.75, 3.05) is 11.9 Å². The summed E-state index contributed by atoms with van der Waals surface area (Å²) in [4.78, 5) is 38.2. The van der Waals surface area contributed by atoms with Crippen LogP contribution in [-0.2, 0) is 9.59 Å². The van der Waals surface area contributed by atoms with Crippen molar-refractivity contribution >= 4 is 69.4 Å². The van der Waals surface area contributed by atoms with Crippen LogP contribution in [0.4, 0.5) is 5.69 Å². The van der Waals surface area contributed by atoms with Gasteiger partial charge in [-0.15, -0.1) is 0 Å². The van der Waals surface area contributed by atoms with Crippen molar-refractivity contribution in [3.63, 3.8) is 0 Å². The van der Waals surface area contributed by atoms with E-state index in [1.807, 2.05) is 25.1 Å². The van der Waals surface area contributed by atoms with E-state index in [0.717, 1.165) is 22.3 Å². The molecule has 2 N–H and O–H groups in total. The molecule has 4 rings (SSSR count). The van der Waals surface area contributed by atoms with Crippen molar-refractivity contribution in [1.82, 2.24) is 10.4 Å². The summed E-state index contributed by atoms with van der Waals surface area (Å²) in [6.45, 7) is 1.64. The van der Waals surface area contributed by atoms with Gasteiger partial charge in [0.15, 0.2) is 10.9 Å². The molecule has 36 heavy (non-hydrogen) atoms. The third-order valence-corrected chi connectivity index (χ3v) is 6.61. The minimum atomic E-state index is -0.550. The molecule has 3 aromatic rings. The van der Waals surface area contributed by atoms with Crippen molar-refractivity contribution < 1.29 is 19.1 Å². The minimum absolute atomic E-state index is 0.170. The summed E-state index contributed by atoms with van der Waals surface area (Å²) in [5, 5.41) is 4.04. The molecule has 0 unspecified atom stereocenters. The van der Waals surface area contributed by atoms with E-state index in [1.165, 1.54) is 0 Å². The summed E-state index contributed by atoms with van der Waals surface area (Å²) in [5.41, 5.74) is 4.90. The Morgan fingerprint density at radius 1 is 1.08 bits per heavy atom. The number of hydrogen-bond acceptors (Lipinski definition) is 6. The first kappa shape index (κ1) is 25.4. The van der Waals surface area contributed by atoms with E-state index < -0.39 is 11.8 Å². The maximum atomic E-state index is 13.0. The number of nitrogens with zero attached hydrogens (tertiary/aromatic N) is 1. The lowest BCUT2D eigenvalue weighted by atomic mass is 10.1. The Kier molecular flexibility index (Phi) is 8.04. The zero-order valence-electron chi connectivity index (χ0n) is 19.0. The molecule has 182 valence electrons. The van der Waals surface area contributed by atoms with Crippen molar-refractivity contribution in [3.8, 4) is 5.75 Å². The van der Waals surface area contributed by atoms with Gasteiger partial charge in [-0.1, -0.05) is 65.8 Å².